The quantitative estimate of drug-likeness (QED) is 0.252. The summed E-state index contributed by atoms with van der Waals surface area (Å²) < 4.78 is 0. The zero-order valence-electron chi connectivity index (χ0n) is 16.3. The summed E-state index contributed by atoms with van der Waals surface area (Å²) in [4.78, 5) is 44.1. The van der Waals surface area contributed by atoms with E-state index in [1.165, 1.54) is 0 Å². The average molecular weight is 424 g/mol. The molecule has 2 heterocycles. The van der Waals surface area contributed by atoms with Crippen molar-refractivity contribution in [2.24, 2.45) is 0 Å². The highest BCUT2D eigenvalue weighted by Gasteiger charge is 2.36. The maximum atomic E-state index is 13.0. The fourth-order valence-corrected chi connectivity index (χ4v) is 4.47. The van der Waals surface area contributed by atoms with Gasteiger partial charge in [-0.25, -0.2) is 4.98 Å². The van der Waals surface area contributed by atoms with Crippen LogP contribution >= 0.6 is 11.8 Å². The Morgan fingerprint density at radius 1 is 0.839 bits per heavy atom. The third-order valence-electron chi connectivity index (χ3n) is 5.18. The number of nitrogens with zero attached hydrogens (tertiary/aromatic N) is 2. The number of ketones is 1. The highest BCUT2D eigenvalue weighted by Crippen LogP contribution is 2.35. The van der Waals surface area contributed by atoms with Crippen LogP contribution in [0.2, 0.25) is 0 Å². The van der Waals surface area contributed by atoms with Crippen molar-refractivity contribution in [1.82, 2.24) is 9.88 Å². The number of imide groups is 1. The summed E-state index contributed by atoms with van der Waals surface area (Å²) in [6.07, 6.45) is 1.74. The van der Waals surface area contributed by atoms with Gasteiger partial charge in [-0.2, -0.15) is 0 Å². The molecule has 0 radical (unpaired) electrons. The number of para-hydroxylation sites is 2. The molecular formula is C25H16N2O3S. The Morgan fingerprint density at radius 2 is 1.42 bits per heavy atom. The predicted molar refractivity (Wildman–Crippen MR) is 123 cm³/mol. The second-order valence-electron chi connectivity index (χ2n) is 7.12. The summed E-state index contributed by atoms with van der Waals surface area (Å²) in [7, 11) is 0. The van der Waals surface area contributed by atoms with E-state index < -0.39 is 11.1 Å². The smallest absolute Gasteiger partial charge is 0.292 e. The molecule has 1 aliphatic heterocycles. The number of carbonyl (C=O) groups is 3. The summed E-state index contributed by atoms with van der Waals surface area (Å²) >= 11 is 0.857. The molecule has 0 N–H and O–H groups in total. The Hall–Kier alpha value is -3.77. The van der Waals surface area contributed by atoms with Crippen LogP contribution in [0.3, 0.4) is 0 Å². The molecule has 1 saturated heterocycles. The highest BCUT2D eigenvalue weighted by molar-refractivity contribution is 8.18. The van der Waals surface area contributed by atoms with Gasteiger partial charge in [0.2, 0.25) is 0 Å². The second-order valence-corrected chi connectivity index (χ2v) is 8.11. The van der Waals surface area contributed by atoms with Crippen LogP contribution in [0.25, 0.3) is 27.9 Å². The van der Waals surface area contributed by atoms with Crippen LogP contribution in [-0.2, 0) is 4.79 Å². The molecule has 0 bridgehead atoms. The molecule has 31 heavy (non-hydrogen) atoms. The number of hydrogen-bond acceptors (Lipinski definition) is 5. The lowest BCUT2D eigenvalue weighted by Crippen LogP contribution is -2.33. The molecule has 0 unspecified atom stereocenters. The topological polar surface area (TPSA) is 67.3 Å². The molecule has 0 saturated carbocycles. The van der Waals surface area contributed by atoms with E-state index in [1.807, 2.05) is 54.6 Å². The van der Waals surface area contributed by atoms with E-state index in [0.29, 0.717) is 10.5 Å². The molecule has 2 amide bonds. The van der Waals surface area contributed by atoms with E-state index in [1.54, 1.807) is 30.3 Å². The summed E-state index contributed by atoms with van der Waals surface area (Å²) in [6, 6.07) is 24.1. The molecular weight excluding hydrogens is 408 g/mol. The Kier molecular flexibility index (Phi) is 4.84. The average Bonchev–Trinajstić information content (AvgIpc) is 3.06. The lowest BCUT2D eigenvalue weighted by Gasteiger charge is -2.11. The minimum Gasteiger partial charge on any atom is -0.292 e. The molecule has 150 valence electrons. The second kappa shape index (κ2) is 7.81. The molecule has 1 fully saturated rings. The first-order valence-corrected chi connectivity index (χ1v) is 10.5. The third kappa shape index (κ3) is 3.51. The van der Waals surface area contributed by atoms with Crippen molar-refractivity contribution in [3.63, 3.8) is 0 Å². The van der Waals surface area contributed by atoms with Gasteiger partial charge in [-0.05, 0) is 35.5 Å². The summed E-state index contributed by atoms with van der Waals surface area (Å²) in [5, 5.41) is 1.35. The molecule has 1 aliphatic rings. The number of rotatable bonds is 4. The zero-order valence-corrected chi connectivity index (χ0v) is 17.1. The Balaban J connectivity index is 1.54. The number of Topliss-reactive ketones (excluding diaryl/α,β-unsaturated/α-hetero) is 1. The summed E-state index contributed by atoms with van der Waals surface area (Å²) in [5.41, 5.74) is 2.93. The Morgan fingerprint density at radius 3 is 2.06 bits per heavy atom. The van der Waals surface area contributed by atoms with Crippen LogP contribution in [-0.4, -0.2) is 33.4 Å². The number of carbonyl (C=O) groups excluding carboxylic acids is 3. The number of hydrogen-bond donors (Lipinski definition) is 0. The van der Waals surface area contributed by atoms with Gasteiger partial charge in [0.25, 0.3) is 11.1 Å². The Bertz CT molecular complexity index is 1340. The van der Waals surface area contributed by atoms with Crippen LogP contribution in [0.15, 0.2) is 83.8 Å². The number of fused-ring (bicyclic) bond motifs is 2. The largest absolute Gasteiger partial charge is 0.293 e. The first kappa shape index (κ1) is 19.2. The van der Waals surface area contributed by atoms with Crippen molar-refractivity contribution in [3.8, 4) is 0 Å². The molecule has 6 heteroatoms. The van der Waals surface area contributed by atoms with E-state index in [9.17, 15) is 14.4 Å². The maximum absolute atomic E-state index is 13.0. The van der Waals surface area contributed by atoms with Gasteiger partial charge in [-0.3, -0.25) is 19.3 Å². The predicted octanol–water partition coefficient (Wildman–Crippen LogP) is 5.31. The van der Waals surface area contributed by atoms with Crippen molar-refractivity contribution in [2.75, 3.05) is 6.54 Å². The van der Waals surface area contributed by atoms with E-state index in [-0.39, 0.29) is 12.3 Å². The SMILES string of the molecule is O=C(CN1C(=O)S/C(=C\c2c3ccccc3nc3ccccc23)C1=O)c1ccccc1. The molecule has 5 rings (SSSR count). The van der Waals surface area contributed by atoms with Crippen molar-refractivity contribution < 1.29 is 14.4 Å². The molecule has 1 aromatic heterocycles. The molecule has 4 aromatic rings. The normalized spacial score (nSPS) is 15.4. The molecule has 0 aliphatic carbocycles. The lowest BCUT2D eigenvalue weighted by atomic mass is 10.0. The zero-order chi connectivity index (χ0) is 21.4. The first-order valence-electron chi connectivity index (χ1n) is 9.73. The fraction of sp³-hybridized carbons (Fsp3) is 0.0400. The van der Waals surface area contributed by atoms with Gasteiger partial charge < -0.3 is 0 Å². The number of benzene rings is 3. The van der Waals surface area contributed by atoms with Gasteiger partial charge in [0.05, 0.1) is 22.5 Å². The van der Waals surface area contributed by atoms with Crippen molar-refractivity contribution in [3.05, 3.63) is 94.9 Å². The van der Waals surface area contributed by atoms with E-state index in [2.05, 4.69) is 0 Å². The molecule has 0 spiro atoms. The molecule has 5 nitrogen and oxygen atoms in total. The first-order chi connectivity index (χ1) is 15.1. The highest BCUT2D eigenvalue weighted by atomic mass is 32.2. The monoisotopic (exact) mass is 424 g/mol. The van der Waals surface area contributed by atoms with Crippen LogP contribution < -0.4 is 0 Å². The number of aromatic nitrogens is 1. The maximum Gasteiger partial charge on any atom is 0.293 e. The van der Waals surface area contributed by atoms with Crippen molar-refractivity contribution in [2.45, 2.75) is 0 Å². The number of pyridine rings is 1. The summed E-state index contributed by atoms with van der Waals surface area (Å²) in [6.45, 7) is -0.274. The minimum atomic E-state index is -0.454. The fourth-order valence-electron chi connectivity index (χ4n) is 3.65. The van der Waals surface area contributed by atoms with Gasteiger partial charge in [-0.1, -0.05) is 66.7 Å². The molecule has 0 atom stereocenters. The molecule has 3 aromatic carbocycles. The third-order valence-corrected chi connectivity index (χ3v) is 6.08. The van der Waals surface area contributed by atoms with Crippen molar-refractivity contribution in [1.29, 1.82) is 0 Å². The summed E-state index contributed by atoms with van der Waals surface area (Å²) in [5.74, 6) is -0.729. The van der Waals surface area contributed by atoms with Crippen molar-refractivity contribution >= 4 is 56.6 Å². The van der Waals surface area contributed by atoms with Crippen LogP contribution in [0.1, 0.15) is 15.9 Å². The van der Waals surface area contributed by atoms with Gasteiger partial charge >= 0.3 is 0 Å². The Labute approximate surface area is 182 Å². The van der Waals surface area contributed by atoms with E-state index in [4.69, 9.17) is 4.98 Å². The minimum absolute atomic E-state index is 0.274. The van der Waals surface area contributed by atoms with Crippen LogP contribution in [0.4, 0.5) is 4.79 Å². The van der Waals surface area contributed by atoms with Gasteiger partial charge in [0.1, 0.15) is 0 Å². The van der Waals surface area contributed by atoms with Crippen LogP contribution in [0, 0.1) is 0 Å². The van der Waals surface area contributed by atoms with Crippen LogP contribution in [0.5, 0.6) is 0 Å². The number of thioether (sulfide) groups is 1. The lowest BCUT2D eigenvalue weighted by molar-refractivity contribution is -0.122. The van der Waals surface area contributed by atoms with E-state index >= 15 is 0 Å². The van der Waals surface area contributed by atoms with Gasteiger partial charge in [0, 0.05) is 16.3 Å². The number of amides is 2. The van der Waals surface area contributed by atoms with E-state index in [0.717, 1.165) is 44.0 Å². The standard InChI is InChI=1S/C25H16N2O3S/c28-22(16-8-2-1-3-9-16)15-27-24(29)23(31-25(27)30)14-19-17-10-4-6-12-20(17)26-21-13-7-5-11-18(19)21/h1-14H,15H2/b23-14-. The van der Waals surface area contributed by atoms with Gasteiger partial charge in [0.15, 0.2) is 5.78 Å². The van der Waals surface area contributed by atoms with Gasteiger partial charge in [-0.15, -0.1) is 0 Å².